The van der Waals surface area contributed by atoms with Crippen molar-refractivity contribution in [2.45, 2.75) is 38.7 Å². The van der Waals surface area contributed by atoms with Crippen LogP contribution in [0, 0.1) is 0 Å². The number of aryl methyl sites for hydroxylation is 1. The summed E-state index contributed by atoms with van der Waals surface area (Å²) >= 11 is 9.41. The van der Waals surface area contributed by atoms with Gasteiger partial charge in [-0.25, -0.2) is 4.79 Å². The van der Waals surface area contributed by atoms with Crippen LogP contribution in [0.2, 0.25) is 5.02 Å². The Kier molecular flexibility index (Phi) is 10.5. The molecular weight excluding hydrogens is 458 g/mol. The van der Waals surface area contributed by atoms with E-state index in [1.807, 2.05) is 24.3 Å². The largest absolute Gasteiger partial charge is 0.387 e. The fraction of sp³-hybridized carbons (Fsp3) is 0.409. The smallest absolute Gasteiger partial charge is 0.352 e. The van der Waals surface area contributed by atoms with E-state index < -0.39 is 12.1 Å². The van der Waals surface area contributed by atoms with Crippen LogP contribution in [-0.4, -0.2) is 29.5 Å². The number of rotatable bonds is 12. The highest BCUT2D eigenvalue weighted by atomic mass is 79.9. The molecule has 5 nitrogen and oxygen atoms in total. The Hall–Kier alpha value is -1.60. The number of aliphatic hydroxyl groups excluding tert-OH is 1. The molecule has 158 valence electrons. The Morgan fingerprint density at radius 3 is 2.76 bits per heavy atom. The molecule has 0 saturated carbocycles. The minimum absolute atomic E-state index is 0.450. The van der Waals surface area contributed by atoms with Crippen molar-refractivity contribution in [3.63, 3.8) is 0 Å². The molecule has 29 heavy (non-hydrogen) atoms. The zero-order valence-electron chi connectivity index (χ0n) is 16.5. The second-order valence-corrected chi connectivity index (χ2v) is 8.00. The third kappa shape index (κ3) is 8.74. The number of halogens is 2. The second-order valence-electron chi connectivity index (χ2n) is 6.77. The van der Waals surface area contributed by atoms with Gasteiger partial charge >= 0.3 is 5.97 Å². The first-order chi connectivity index (χ1) is 14.0. The van der Waals surface area contributed by atoms with Gasteiger partial charge in [-0.05, 0) is 67.1 Å². The number of nitrogens with one attached hydrogen (secondary N) is 1. The molecule has 0 aromatic heterocycles. The van der Waals surface area contributed by atoms with Crippen LogP contribution >= 0.6 is 27.5 Å². The Bertz CT molecular complexity index is 787. The van der Waals surface area contributed by atoms with Crippen molar-refractivity contribution >= 4 is 33.5 Å². The van der Waals surface area contributed by atoms with Gasteiger partial charge in [0.1, 0.15) is 0 Å². The minimum atomic E-state index is -0.604. The number of benzene rings is 2. The number of hydrogen-bond acceptors (Lipinski definition) is 5. The summed E-state index contributed by atoms with van der Waals surface area (Å²) in [6, 6.07) is 13.1. The van der Waals surface area contributed by atoms with Gasteiger partial charge in [0.15, 0.2) is 5.75 Å². The van der Waals surface area contributed by atoms with Crippen LogP contribution in [-0.2, 0) is 22.5 Å². The molecule has 0 aliphatic rings. The van der Waals surface area contributed by atoms with Crippen LogP contribution in [0.1, 0.15) is 42.6 Å². The fourth-order valence-corrected chi connectivity index (χ4v) is 3.48. The highest BCUT2D eigenvalue weighted by Crippen LogP contribution is 2.23. The number of carbonyl (C=O) groups is 1. The van der Waals surface area contributed by atoms with Crippen LogP contribution in [0.15, 0.2) is 42.5 Å². The zero-order chi connectivity index (χ0) is 21.1. The molecule has 0 aliphatic carbocycles. The van der Waals surface area contributed by atoms with Crippen LogP contribution < -0.4 is 10.2 Å². The average molecular weight is 485 g/mol. The van der Waals surface area contributed by atoms with Crippen molar-refractivity contribution in [2.75, 3.05) is 18.4 Å². The van der Waals surface area contributed by atoms with Gasteiger partial charge in [0, 0.05) is 23.8 Å². The van der Waals surface area contributed by atoms with Crippen molar-refractivity contribution in [1.29, 1.82) is 0 Å². The molecule has 7 heteroatoms. The van der Waals surface area contributed by atoms with E-state index in [0.29, 0.717) is 17.3 Å². The van der Waals surface area contributed by atoms with Crippen LogP contribution in [0.25, 0.3) is 0 Å². The lowest BCUT2D eigenvalue weighted by atomic mass is 10.0. The maximum absolute atomic E-state index is 11.0. The third-order valence-corrected chi connectivity index (χ3v) is 5.16. The third-order valence-electron chi connectivity index (χ3n) is 4.37. The van der Waals surface area contributed by atoms with E-state index in [4.69, 9.17) is 21.4 Å². The maximum Gasteiger partial charge on any atom is 0.352 e. The fourth-order valence-electron chi connectivity index (χ4n) is 2.88. The van der Waals surface area contributed by atoms with Crippen LogP contribution in [0.3, 0.4) is 0 Å². The van der Waals surface area contributed by atoms with E-state index in [9.17, 15) is 9.90 Å². The molecule has 0 spiro atoms. The van der Waals surface area contributed by atoms with E-state index in [0.717, 1.165) is 54.2 Å². The summed E-state index contributed by atoms with van der Waals surface area (Å²) in [6.07, 6.45) is 3.11. The first-order valence-electron chi connectivity index (χ1n) is 9.66. The normalized spacial score (nSPS) is 11.9. The summed E-state index contributed by atoms with van der Waals surface area (Å²) in [6.45, 7) is 2.48. The van der Waals surface area contributed by atoms with Gasteiger partial charge in [-0.3, -0.25) is 9.78 Å². The van der Waals surface area contributed by atoms with E-state index in [-0.39, 0.29) is 0 Å². The predicted octanol–water partition coefficient (Wildman–Crippen LogP) is 4.78. The molecule has 0 radical (unpaired) electrons. The van der Waals surface area contributed by atoms with E-state index >= 15 is 0 Å². The molecule has 2 aromatic carbocycles. The summed E-state index contributed by atoms with van der Waals surface area (Å²) in [4.78, 5) is 20.9. The van der Waals surface area contributed by atoms with Crippen molar-refractivity contribution in [3.05, 3.63) is 64.2 Å². The summed E-state index contributed by atoms with van der Waals surface area (Å²) in [7, 11) is 0. The van der Waals surface area contributed by atoms with Gasteiger partial charge < -0.3 is 10.4 Å². The average Bonchev–Trinajstić information content (AvgIpc) is 2.70. The van der Waals surface area contributed by atoms with Crippen molar-refractivity contribution in [2.24, 2.45) is 0 Å². The van der Waals surface area contributed by atoms with Gasteiger partial charge in [0.25, 0.3) is 0 Å². The number of aliphatic hydroxyl groups is 1. The summed E-state index contributed by atoms with van der Waals surface area (Å²) in [5.74, 6) is 0.0887. The zero-order valence-corrected chi connectivity index (χ0v) is 18.8. The van der Waals surface area contributed by atoms with Crippen molar-refractivity contribution in [1.82, 2.24) is 5.32 Å². The lowest BCUT2D eigenvalue weighted by molar-refractivity contribution is -0.211. The van der Waals surface area contributed by atoms with Gasteiger partial charge in [-0.2, -0.15) is 0 Å². The van der Waals surface area contributed by atoms with Crippen LogP contribution in [0.4, 0.5) is 0 Å². The minimum Gasteiger partial charge on any atom is -0.387 e. The Morgan fingerprint density at radius 2 is 2.03 bits per heavy atom. The van der Waals surface area contributed by atoms with Crippen molar-refractivity contribution < 1.29 is 19.7 Å². The topological polar surface area (TPSA) is 67.8 Å². The Balaban J connectivity index is 1.88. The molecule has 1 atom stereocenters. The highest BCUT2D eigenvalue weighted by molar-refractivity contribution is 9.09. The first-order valence-corrected chi connectivity index (χ1v) is 11.2. The van der Waals surface area contributed by atoms with E-state index in [1.54, 1.807) is 12.1 Å². The van der Waals surface area contributed by atoms with Gasteiger partial charge in [0.05, 0.1) is 6.10 Å². The summed E-state index contributed by atoms with van der Waals surface area (Å²) < 4.78 is 0. The number of hydrogen-bond donors (Lipinski definition) is 2. The predicted molar refractivity (Wildman–Crippen MR) is 119 cm³/mol. The molecule has 0 saturated heterocycles. The second kappa shape index (κ2) is 12.9. The lowest BCUT2D eigenvalue weighted by Gasteiger charge is -2.14. The molecule has 0 fully saturated rings. The van der Waals surface area contributed by atoms with Crippen molar-refractivity contribution in [3.8, 4) is 5.75 Å². The molecule has 0 amide bonds. The Labute approximate surface area is 185 Å². The number of carbonyl (C=O) groups excluding carboxylic acids is 1. The molecule has 0 aliphatic heterocycles. The summed E-state index contributed by atoms with van der Waals surface area (Å²) in [5.41, 5.74) is 2.97. The first kappa shape index (κ1) is 23.7. The molecule has 2 aromatic rings. The molecule has 0 heterocycles. The standard InChI is InChI=1S/C22H27BrClNO4/c1-16(26)28-29-22-9-8-17(13-19(22)5-2-3-11-23)10-12-25-15-21(27)18-6-4-7-20(24)14-18/h4,6-9,13-14,21,25,27H,2-3,5,10-12,15H2,1H3. The quantitative estimate of drug-likeness (QED) is 0.196. The van der Waals surface area contributed by atoms with E-state index in [1.165, 1.54) is 6.92 Å². The molecular formula is C22H27BrClNO4. The number of unbranched alkanes of at least 4 members (excludes halogenated alkanes) is 1. The highest BCUT2D eigenvalue weighted by Gasteiger charge is 2.10. The molecule has 2 N–H and O–H groups in total. The van der Waals surface area contributed by atoms with E-state index in [2.05, 4.69) is 27.3 Å². The molecule has 2 rings (SSSR count). The lowest BCUT2D eigenvalue weighted by Crippen LogP contribution is -2.23. The molecule has 0 bridgehead atoms. The maximum atomic E-state index is 11.0. The molecule has 1 unspecified atom stereocenters. The van der Waals surface area contributed by atoms with Gasteiger partial charge in [-0.1, -0.05) is 51.8 Å². The van der Waals surface area contributed by atoms with Crippen LogP contribution in [0.5, 0.6) is 5.75 Å². The van der Waals surface area contributed by atoms with Gasteiger partial charge in [0.2, 0.25) is 0 Å². The van der Waals surface area contributed by atoms with Gasteiger partial charge in [-0.15, -0.1) is 0 Å². The number of alkyl halides is 1. The SMILES string of the molecule is CC(=O)OOc1ccc(CCNCC(O)c2cccc(Cl)c2)cc1CCCCBr. The monoisotopic (exact) mass is 483 g/mol. The Morgan fingerprint density at radius 1 is 1.21 bits per heavy atom. The summed E-state index contributed by atoms with van der Waals surface area (Å²) in [5, 5.41) is 15.1.